The SMILES string of the molecule is COc1ccc(COCC[C@H](O[Si](C)(C)C(C)(C)C)[C@H](C)/C=C/B2OC(C)(C)C(C)(C)O2)cc1. The zero-order chi connectivity index (χ0) is 25.8. The third-order valence-corrected chi connectivity index (χ3v) is 12.2. The first-order chi connectivity index (χ1) is 15.6. The van der Waals surface area contributed by atoms with E-state index >= 15 is 0 Å². The van der Waals surface area contributed by atoms with Gasteiger partial charge in [0.1, 0.15) is 5.75 Å². The van der Waals surface area contributed by atoms with Gasteiger partial charge in [-0.1, -0.05) is 51.9 Å². The molecule has 1 aromatic rings. The molecule has 0 amide bonds. The molecule has 1 aliphatic rings. The van der Waals surface area contributed by atoms with Crippen molar-refractivity contribution in [2.75, 3.05) is 13.7 Å². The fourth-order valence-electron chi connectivity index (χ4n) is 3.45. The highest BCUT2D eigenvalue weighted by Crippen LogP contribution is 2.39. The Morgan fingerprint density at radius 1 is 1.03 bits per heavy atom. The van der Waals surface area contributed by atoms with Crippen LogP contribution in [0.25, 0.3) is 0 Å². The molecule has 2 atom stereocenters. The summed E-state index contributed by atoms with van der Waals surface area (Å²) in [5.74, 6) is 3.11. The molecule has 1 aliphatic heterocycles. The first-order valence-corrected chi connectivity index (χ1v) is 15.4. The number of hydrogen-bond acceptors (Lipinski definition) is 5. The summed E-state index contributed by atoms with van der Waals surface area (Å²) in [6.07, 6.45) is 3.08. The van der Waals surface area contributed by atoms with Crippen molar-refractivity contribution in [3.63, 3.8) is 0 Å². The van der Waals surface area contributed by atoms with Crippen molar-refractivity contribution >= 4 is 15.4 Å². The normalized spacial score (nSPS) is 20.0. The zero-order valence-corrected chi connectivity index (χ0v) is 24.4. The van der Waals surface area contributed by atoms with Crippen molar-refractivity contribution in [2.45, 2.75) is 104 Å². The molecule has 0 aliphatic carbocycles. The molecule has 7 heteroatoms. The molecule has 0 N–H and O–H groups in total. The minimum atomic E-state index is -1.94. The highest BCUT2D eigenvalue weighted by Gasteiger charge is 2.50. The van der Waals surface area contributed by atoms with Crippen LogP contribution in [-0.2, 0) is 25.1 Å². The lowest BCUT2D eigenvalue weighted by atomic mass is 9.87. The van der Waals surface area contributed by atoms with Gasteiger partial charge in [-0.25, -0.2) is 0 Å². The summed E-state index contributed by atoms with van der Waals surface area (Å²) in [6, 6.07) is 8.01. The minimum absolute atomic E-state index is 0.0652. The van der Waals surface area contributed by atoms with E-state index in [0.29, 0.717) is 13.2 Å². The first-order valence-electron chi connectivity index (χ1n) is 12.5. The third kappa shape index (κ3) is 7.69. The Bertz CT molecular complexity index is 782. The highest BCUT2D eigenvalue weighted by atomic mass is 28.4. The van der Waals surface area contributed by atoms with Crippen LogP contribution in [0.4, 0.5) is 0 Å². The van der Waals surface area contributed by atoms with E-state index in [4.69, 9.17) is 23.2 Å². The molecule has 1 fully saturated rings. The molecule has 0 saturated carbocycles. The predicted octanol–water partition coefficient (Wildman–Crippen LogP) is 6.82. The molecule has 2 rings (SSSR count). The van der Waals surface area contributed by atoms with Crippen LogP contribution in [0.3, 0.4) is 0 Å². The van der Waals surface area contributed by atoms with E-state index in [1.165, 1.54) is 0 Å². The van der Waals surface area contributed by atoms with Crippen molar-refractivity contribution in [1.29, 1.82) is 0 Å². The van der Waals surface area contributed by atoms with E-state index in [1.807, 2.05) is 30.2 Å². The van der Waals surface area contributed by atoms with Gasteiger partial charge in [0.05, 0.1) is 31.0 Å². The van der Waals surface area contributed by atoms with Crippen LogP contribution >= 0.6 is 0 Å². The average Bonchev–Trinajstić information content (AvgIpc) is 2.94. The lowest BCUT2D eigenvalue weighted by molar-refractivity contribution is 0.00578. The molecule has 34 heavy (non-hydrogen) atoms. The lowest BCUT2D eigenvalue weighted by Crippen LogP contribution is -2.45. The van der Waals surface area contributed by atoms with Gasteiger partial charge in [-0.3, -0.25) is 0 Å². The number of methoxy groups -OCH3 is 1. The molecule has 1 aromatic carbocycles. The van der Waals surface area contributed by atoms with Gasteiger partial charge in [-0.2, -0.15) is 0 Å². The monoisotopic (exact) mass is 490 g/mol. The molecule has 1 saturated heterocycles. The van der Waals surface area contributed by atoms with E-state index in [-0.39, 0.29) is 35.4 Å². The zero-order valence-electron chi connectivity index (χ0n) is 23.4. The standard InChI is InChI=1S/C27H47BO5Si/c1-21(16-18-28-32-26(5,6)27(7,8)33-28)24(31-34(10,11)25(2,3)4)17-19-30-20-22-12-14-23(29-9)15-13-22/h12-16,18,21,24H,17,19-20H2,1-11H3/b18-16+/t21-,24+/m1/s1. The van der Waals surface area contributed by atoms with Crippen LogP contribution in [0, 0.1) is 5.92 Å². The molecule has 0 bridgehead atoms. The second kappa shape index (κ2) is 11.3. The third-order valence-electron chi connectivity index (χ3n) is 7.66. The van der Waals surface area contributed by atoms with Crippen molar-refractivity contribution in [3.05, 3.63) is 41.9 Å². The summed E-state index contributed by atoms with van der Waals surface area (Å²) >= 11 is 0. The maximum atomic E-state index is 6.85. The van der Waals surface area contributed by atoms with E-state index in [1.54, 1.807) is 7.11 Å². The van der Waals surface area contributed by atoms with Crippen molar-refractivity contribution in [2.24, 2.45) is 5.92 Å². The fourth-order valence-corrected chi connectivity index (χ4v) is 4.90. The molecule has 1 heterocycles. The first kappa shape index (κ1) is 29.1. The van der Waals surface area contributed by atoms with Gasteiger partial charge in [-0.05, 0) is 75.9 Å². The van der Waals surface area contributed by atoms with Crippen LogP contribution in [0.15, 0.2) is 36.3 Å². The second-order valence-electron chi connectivity index (χ2n) is 12.0. The van der Waals surface area contributed by atoms with Gasteiger partial charge >= 0.3 is 7.12 Å². The van der Waals surface area contributed by atoms with Crippen molar-refractivity contribution < 1.29 is 23.2 Å². The Labute approximate surface area is 209 Å². The molecule has 0 unspecified atom stereocenters. The van der Waals surface area contributed by atoms with Crippen molar-refractivity contribution in [1.82, 2.24) is 0 Å². The summed E-state index contributed by atoms with van der Waals surface area (Å²) in [4.78, 5) is 0. The van der Waals surface area contributed by atoms with E-state index in [9.17, 15) is 0 Å². The second-order valence-corrected chi connectivity index (χ2v) is 16.7. The molecule has 0 radical (unpaired) electrons. The number of hydrogen-bond donors (Lipinski definition) is 0. The average molecular weight is 491 g/mol. The van der Waals surface area contributed by atoms with E-state index in [2.05, 4.69) is 74.6 Å². The van der Waals surface area contributed by atoms with Crippen LogP contribution in [0.5, 0.6) is 5.75 Å². The van der Waals surface area contributed by atoms with Crippen LogP contribution in [0.2, 0.25) is 18.1 Å². The fraction of sp³-hybridized carbons (Fsp3) is 0.704. The molecular weight excluding hydrogens is 443 g/mol. The molecule has 192 valence electrons. The topological polar surface area (TPSA) is 46.2 Å². The summed E-state index contributed by atoms with van der Waals surface area (Å²) in [6.45, 7) is 23.2. The minimum Gasteiger partial charge on any atom is -0.497 e. The van der Waals surface area contributed by atoms with E-state index < -0.39 is 8.32 Å². The summed E-state index contributed by atoms with van der Waals surface area (Å²) < 4.78 is 30.4. The van der Waals surface area contributed by atoms with Crippen molar-refractivity contribution in [3.8, 4) is 5.75 Å². The summed E-state index contributed by atoms with van der Waals surface area (Å²) in [5.41, 5.74) is 0.464. The molecule has 5 nitrogen and oxygen atoms in total. The lowest BCUT2D eigenvalue weighted by Gasteiger charge is -2.40. The van der Waals surface area contributed by atoms with Gasteiger partial charge in [0.25, 0.3) is 0 Å². The van der Waals surface area contributed by atoms with E-state index in [0.717, 1.165) is 17.7 Å². The Morgan fingerprint density at radius 3 is 2.09 bits per heavy atom. The maximum absolute atomic E-state index is 6.85. The van der Waals surface area contributed by atoms with Crippen LogP contribution < -0.4 is 4.74 Å². The molecular formula is C27H47BO5Si. The van der Waals surface area contributed by atoms with Gasteiger partial charge in [0.2, 0.25) is 0 Å². The van der Waals surface area contributed by atoms with Crippen LogP contribution in [-0.4, -0.2) is 46.5 Å². The maximum Gasteiger partial charge on any atom is 0.486 e. The Balaban J connectivity index is 2.01. The van der Waals surface area contributed by atoms with Crippen LogP contribution in [0.1, 0.15) is 67.4 Å². The Hall–Kier alpha value is -1.12. The highest BCUT2D eigenvalue weighted by molar-refractivity contribution is 6.74. The summed E-state index contributed by atoms with van der Waals surface area (Å²) in [7, 11) is -0.601. The van der Waals surface area contributed by atoms with Gasteiger partial charge < -0.3 is 23.2 Å². The van der Waals surface area contributed by atoms with Gasteiger partial charge in [-0.15, -0.1) is 0 Å². The molecule has 0 spiro atoms. The number of ether oxygens (including phenoxy) is 2. The van der Waals surface area contributed by atoms with Gasteiger partial charge in [0, 0.05) is 6.61 Å². The predicted molar refractivity (Wildman–Crippen MR) is 144 cm³/mol. The Kier molecular flexibility index (Phi) is 9.67. The Morgan fingerprint density at radius 2 is 1.59 bits per heavy atom. The smallest absolute Gasteiger partial charge is 0.486 e. The van der Waals surface area contributed by atoms with Gasteiger partial charge in [0.15, 0.2) is 8.32 Å². The summed E-state index contributed by atoms with van der Waals surface area (Å²) in [5, 5.41) is 0.143. The number of benzene rings is 1. The number of rotatable bonds is 11. The quantitative estimate of drug-likeness (QED) is 0.252. The molecule has 0 aromatic heterocycles. The largest absolute Gasteiger partial charge is 0.497 e.